The van der Waals surface area contributed by atoms with Crippen molar-refractivity contribution in [2.24, 2.45) is 0 Å². The third-order valence-electron chi connectivity index (χ3n) is 1.79. The number of hydrogen-bond donors (Lipinski definition) is 0. The maximum Gasteiger partial charge on any atom is 0.165 e. The number of nitrogens with zero attached hydrogens (tertiary/aromatic N) is 4. The van der Waals surface area contributed by atoms with Gasteiger partial charge in [0.25, 0.3) is 0 Å². The molecular weight excluding hydrogens is 220 g/mol. The molecule has 2 rings (SSSR count). The molecule has 0 saturated carbocycles. The number of rotatable bonds is 3. The molecule has 4 nitrogen and oxygen atoms in total. The van der Waals surface area contributed by atoms with Gasteiger partial charge in [0.15, 0.2) is 10.8 Å². The smallest absolute Gasteiger partial charge is 0.165 e. The van der Waals surface area contributed by atoms with Crippen LogP contribution >= 0.6 is 23.4 Å². The van der Waals surface area contributed by atoms with Gasteiger partial charge in [-0.25, -0.2) is 15.0 Å². The lowest BCUT2D eigenvalue weighted by atomic mass is 10.5. The normalized spacial score (nSPS) is 11.0. The second-order valence-corrected chi connectivity index (χ2v) is 4.27. The van der Waals surface area contributed by atoms with Gasteiger partial charge in [0, 0.05) is 0 Å². The second-order valence-electron chi connectivity index (χ2n) is 2.67. The van der Waals surface area contributed by atoms with Crippen LogP contribution in [0.3, 0.4) is 0 Å². The van der Waals surface area contributed by atoms with Crippen molar-refractivity contribution < 1.29 is 0 Å². The van der Waals surface area contributed by atoms with Gasteiger partial charge in [-0.2, -0.15) is 0 Å². The Bertz CT molecular complexity index is 442. The van der Waals surface area contributed by atoms with Crippen LogP contribution in [0.4, 0.5) is 0 Å². The van der Waals surface area contributed by atoms with Crippen LogP contribution in [-0.2, 0) is 5.88 Å². The van der Waals surface area contributed by atoms with Gasteiger partial charge in [0.05, 0.1) is 12.2 Å². The third kappa shape index (κ3) is 1.69. The second kappa shape index (κ2) is 4.14. The van der Waals surface area contributed by atoms with Crippen molar-refractivity contribution in [3.8, 4) is 0 Å². The molecule has 0 aliphatic heterocycles. The van der Waals surface area contributed by atoms with Crippen molar-refractivity contribution in [2.45, 2.75) is 12.8 Å². The summed E-state index contributed by atoms with van der Waals surface area (Å²) < 4.78 is 1.97. The Morgan fingerprint density at radius 3 is 3.07 bits per heavy atom. The summed E-state index contributed by atoms with van der Waals surface area (Å²) in [5.41, 5.74) is 1.47. The van der Waals surface area contributed by atoms with E-state index in [9.17, 15) is 0 Å². The number of hydrogen-bond acceptors (Lipinski definition) is 4. The largest absolute Gasteiger partial charge is 0.305 e. The predicted molar refractivity (Wildman–Crippen MR) is 58.5 cm³/mol. The molecule has 0 unspecified atom stereocenters. The van der Waals surface area contributed by atoms with Crippen LogP contribution in [0.15, 0.2) is 12.7 Å². The van der Waals surface area contributed by atoms with Gasteiger partial charge in [-0.3, -0.25) is 0 Å². The molecule has 14 heavy (non-hydrogen) atoms. The molecule has 0 aliphatic carbocycles. The topological polar surface area (TPSA) is 43.6 Å². The summed E-state index contributed by atoms with van der Waals surface area (Å²) in [7, 11) is 0. The molecule has 2 aromatic rings. The Kier molecular flexibility index (Phi) is 2.88. The number of thioether (sulfide) groups is 1. The van der Waals surface area contributed by atoms with Crippen LogP contribution in [0.25, 0.3) is 11.2 Å². The van der Waals surface area contributed by atoms with Crippen molar-refractivity contribution >= 4 is 34.5 Å². The Balaban J connectivity index is 2.42. The van der Waals surface area contributed by atoms with Crippen LogP contribution in [0.2, 0.25) is 5.15 Å². The van der Waals surface area contributed by atoms with E-state index in [1.54, 1.807) is 18.1 Å². The molecule has 0 spiro atoms. The quantitative estimate of drug-likeness (QED) is 0.756. The number of fused-ring (bicyclic) bond motifs is 1. The molecule has 0 bridgehead atoms. The van der Waals surface area contributed by atoms with Crippen LogP contribution in [0, 0.1) is 0 Å². The molecule has 6 heteroatoms. The molecule has 0 saturated heterocycles. The van der Waals surface area contributed by atoms with E-state index in [1.807, 2.05) is 4.57 Å². The standard InChI is InChI=1S/C8H9ClN4S/c1-2-14-5-13-4-12-6-7(9)10-3-11-8(6)13/h3-4H,2,5H2,1H3. The first-order valence-corrected chi connectivity index (χ1v) is 5.75. The predicted octanol–water partition coefficient (Wildman–Crippen LogP) is 2.19. The van der Waals surface area contributed by atoms with Gasteiger partial charge in [-0.1, -0.05) is 18.5 Å². The van der Waals surface area contributed by atoms with Gasteiger partial charge in [-0.05, 0) is 5.75 Å². The first-order valence-electron chi connectivity index (χ1n) is 4.22. The first-order chi connectivity index (χ1) is 6.83. The Labute approximate surface area is 90.7 Å². The monoisotopic (exact) mass is 228 g/mol. The fraction of sp³-hybridized carbons (Fsp3) is 0.375. The van der Waals surface area contributed by atoms with Crippen molar-refractivity contribution in [2.75, 3.05) is 5.75 Å². The molecule has 0 N–H and O–H groups in total. The van der Waals surface area contributed by atoms with Gasteiger partial charge >= 0.3 is 0 Å². The minimum absolute atomic E-state index is 0.412. The summed E-state index contributed by atoms with van der Waals surface area (Å²) in [5.74, 6) is 1.92. The average Bonchev–Trinajstić information content (AvgIpc) is 2.60. The van der Waals surface area contributed by atoms with Crippen molar-refractivity contribution in [1.29, 1.82) is 0 Å². The summed E-state index contributed by atoms with van der Waals surface area (Å²) >= 11 is 7.68. The fourth-order valence-corrected chi connectivity index (χ4v) is 1.88. The molecule has 2 aromatic heterocycles. The summed E-state index contributed by atoms with van der Waals surface area (Å²) in [5, 5.41) is 0.412. The molecular formula is C8H9ClN4S. The Hall–Kier alpha value is -0.810. The van der Waals surface area contributed by atoms with Crippen LogP contribution in [-0.4, -0.2) is 25.3 Å². The van der Waals surface area contributed by atoms with Gasteiger partial charge in [-0.15, -0.1) is 11.8 Å². The van der Waals surface area contributed by atoms with Crippen molar-refractivity contribution in [3.05, 3.63) is 17.8 Å². The molecule has 0 radical (unpaired) electrons. The van der Waals surface area contributed by atoms with E-state index in [4.69, 9.17) is 11.6 Å². The van der Waals surface area contributed by atoms with E-state index in [-0.39, 0.29) is 0 Å². The summed E-state index contributed by atoms with van der Waals surface area (Å²) in [6.07, 6.45) is 3.20. The van der Waals surface area contributed by atoms with E-state index in [0.717, 1.165) is 17.3 Å². The first kappa shape index (κ1) is 9.73. The van der Waals surface area contributed by atoms with E-state index in [2.05, 4.69) is 21.9 Å². The van der Waals surface area contributed by atoms with Gasteiger partial charge in [0.2, 0.25) is 0 Å². The van der Waals surface area contributed by atoms with Crippen molar-refractivity contribution in [3.63, 3.8) is 0 Å². The maximum absolute atomic E-state index is 5.87. The molecule has 0 aromatic carbocycles. The molecule has 0 fully saturated rings. The van der Waals surface area contributed by atoms with E-state index >= 15 is 0 Å². The van der Waals surface area contributed by atoms with E-state index in [0.29, 0.717) is 10.7 Å². The molecule has 0 atom stereocenters. The lowest BCUT2D eigenvalue weighted by Crippen LogP contribution is -1.94. The highest BCUT2D eigenvalue weighted by molar-refractivity contribution is 7.98. The average molecular weight is 229 g/mol. The van der Waals surface area contributed by atoms with Crippen molar-refractivity contribution in [1.82, 2.24) is 19.5 Å². The highest BCUT2D eigenvalue weighted by Gasteiger charge is 2.07. The summed E-state index contributed by atoms with van der Waals surface area (Å²) in [6, 6.07) is 0. The fourth-order valence-electron chi connectivity index (χ4n) is 1.14. The highest BCUT2D eigenvalue weighted by Crippen LogP contribution is 2.18. The summed E-state index contributed by atoms with van der Waals surface area (Å²) in [4.78, 5) is 12.2. The minimum atomic E-state index is 0.412. The molecule has 0 aliphatic rings. The van der Waals surface area contributed by atoms with E-state index in [1.165, 1.54) is 6.33 Å². The zero-order valence-corrected chi connectivity index (χ0v) is 9.22. The molecule has 0 amide bonds. The number of imidazole rings is 1. The Morgan fingerprint density at radius 2 is 2.29 bits per heavy atom. The summed E-state index contributed by atoms with van der Waals surface area (Å²) in [6.45, 7) is 2.12. The zero-order valence-electron chi connectivity index (χ0n) is 7.64. The SMILES string of the molecule is CCSCn1cnc2c(Cl)ncnc21. The lowest BCUT2D eigenvalue weighted by Gasteiger charge is -2.00. The third-order valence-corrected chi connectivity index (χ3v) is 2.94. The van der Waals surface area contributed by atoms with Crippen LogP contribution in [0.5, 0.6) is 0 Å². The van der Waals surface area contributed by atoms with Gasteiger partial charge in [0.1, 0.15) is 11.8 Å². The Morgan fingerprint density at radius 1 is 1.43 bits per heavy atom. The lowest BCUT2D eigenvalue weighted by molar-refractivity contribution is 0.905. The van der Waals surface area contributed by atoms with Gasteiger partial charge < -0.3 is 4.57 Å². The number of aromatic nitrogens is 4. The van der Waals surface area contributed by atoms with Crippen LogP contribution in [0.1, 0.15) is 6.92 Å². The minimum Gasteiger partial charge on any atom is -0.305 e. The van der Waals surface area contributed by atoms with E-state index < -0.39 is 0 Å². The zero-order chi connectivity index (χ0) is 9.97. The van der Waals surface area contributed by atoms with Crippen LogP contribution < -0.4 is 0 Å². The molecule has 74 valence electrons. The maximum atomic E-state index is 5.87. The number of halogens is 1. The highest BCUT2D eigenvalue weighted by atomic mass is 35.5. The molecule has 2 heterocycles.